The van der Waals surface area contributed by atoms with Crippen LogP contribution in [0.2, 0.25) is 0 Å². The summed E-state index contributed by atoms with van der Waals surface area (Å²) < 4.78 is 16.7. The quantitative estimate of drug-likeness (QED) is 0.0349. The van der Waals surface area contributed by atoms with Crippen LogP contribution in [0.4, 0.5) is 0 Å². The van der Waals surface area contributed by atoms with E-state index in [1.807, 2.05) is 0 Å². The Morgan fingerprint density at radius 3 is 0.907 bits per heavy atom. The van der Waals surface area contributed by atoms with Gasteiger partial charge in [0.05, 0.1) is 0 Å². The molecule has 54 heavy (non-hydrogen) atoms. The first kappa shape index (κ1) is 52.4. The van der Waals surface area contributed by atoms with Crippen LogP contribution in [0.3, 0.4) is 0 Å². The molecule has 0 aliphatic heterocycles. The average Bonchev–Trinajstić information content (AvgIpc) is 3.15. The maximum Gasteiger partial charge on any atom is 0.306 e. The van der Waals surface area contributed by atoms with E-state index in [-0.39, 0.29) is 31.1 Å². The first-order valence-electron chi connectivity index (χ1n) is 23.9. The lowest BCUT2D eigenvalue weighted by atomic mass is 10.0. The molecule has 0 N–H and O–H groups in total. The van der Waals surface area contributed by atoms with Crippen molar-refractivity contribution >= 4 is 17.9 Å². The standard InChI is InChI=1S/C48H92O6/c1-5-7-9-11-13-15-24-29-33-37-41-48(51)54-45(42-52-46(49)39-35-31-27-22-14-12-10-8-6-2)43-53-47(50)40-36-32-28-25-21-19-17-16-18-20-23-26-30-34-38-44(3)4/h44-45H,5-43H2,1-4H3/t45-/m0/s1. The number of carbonyl (C=O) groups is 3. The average molecular weight is 765 g/mol. The molecule has 0 amide bonds. The Labute approximate surface area is 336 Å². The minimum absolute atomic E-state index is 0.0634. The Morgan fingerprint density at radius 1 is 0.352 bits per heavy atom. The molecule has 0 aliphatic carbocycles. The number of hydrogen-bond acceptors (Lipinski definition) is 6. The van der Waals surface area contributed by atoms with Crippen molar-refractivity contribution < 1.29 is 28.6 Å². The lowest BCUT2D eigenvalue weighted by Gasteiger charge is -2.18. The van der Waals surface area contributed by atoms with E-state index in [0.29, 0.717) is 19.3 Å². The van der Waals surface area contributed by atoms with Crippen LogP contribution >= 0.6 is 0 Å². The predicted molar refractivity (Wildman–Crippen MR) is 229 cm³/mol. The maximum absolute atomic E-state index is 12.7. The van der Waals surface area contributed by atoms with Gasteiger partial charge in [0.25, 0.3) is 0 Å². The van der Waals surface area contributed by atoms with Crippen molar-refractivity contribution in [1.82, 2.24) is 0 Å². The fourth-order valence-electron chi connectivity index (χ4n) is 7.16. The Balaban J connectivity index is 4.23. The minimum Gasteiger partial charge on any atom is -0.462 e. The second-order valence-corrected chi connectivity index (χ2v) is 16.9. The summed E-state index contributed by atoms with van der Waals surface area (Å²) in [5, 5.41) is 0. The van der Waals surface area contributed by atoms with Crippen LogP contribution in [0, 0.1) is 5.92 Å². The molecule has 0 heterocycles. The summed E-state index contributed by atoms with van der Waals surface area (Å²) in [7, 11) is 0. The minimum atomic E-state index is -0.758. The summed E-state index contributed by atoms with van der Waals surface area (Å²) in [5.41, 5.74) is 0. The second-order valence-electron chi connectivity index (χ2n) is 16.9. The summed E-state index contributed by atoms with van der Waals surface area (Å²) in [5.74, 6) is -0.00942. The third-order valence-corrected chi connectivity index (χ3v) is 10.8. The van der Waals surface area contributed by atoms with Gasteiger partial charge in [-0.15, -0.1) is 0 Å². The van der Waals surface area contributed by atoms with Crippen molar-refractivity contribution in [3.63, 3.8) is 0 Å². The molecule has 0 aromatic rings. The first-order chi connectivity index (χ1) is 26.4. The SMILES string of the molecule is CCCCCCCCCCCCC(=O)O[C@@H](COC(=O)CCCCCCCCCCC)COC(=O)CCCCCCCCCCCCCCCCC(C)C. The summed E-state index contributed by atoms with van der Waals surface area (Å²) in [4.78, 5) is 37.7. The van der Waals surface area contributed by atoms with Crippen LogP contribution in [-0.4, -0.2) is 37.2 Å². The molecule has 6 nitrogen and oxygen atoms in total. The largest absolute Gasteiger partial charge is 0.462 e. The number of unbranched alkanes of at least 4 members (excludes halogenated alkanes) is 30. The Kier molecular flexibility index (Phi) is 41.3. The molecule has 320 valence electrons. The second kappa shape index (κ2) is 42.6. The van der Waals surface area contributed by atoms with Gasteiger partial charge in [-0.3, -0.25) is 14.4 Å². The number of hydrogen-bond donors (Lipinski definition) is 0. The van der Waals surface area contributed by atoms with Crippen molar-refractivity contribution in [3.05, 3.63) is 0 Å². The van der Waals surface area contributed by atoms with E-state index in [2.05, 4.69) is 27.7 Å². The molecule has 0 rings (SSSR count). The normalized spacial score (nSPS) is 11.9. The van der Waals surface area contributed by atoms with Gasteiger partial charge in [0.1, 0.15) is 13.2 Å². The molecule has 0 bridgehead atoms. The van der Waals surface area contributed by atoms with Crippen molar-refractivity contribution in [1.29, 1.82) is 0 Å². The van der Waals surface area contributed by atoms with Gasteiger partial charge in [0, 0.05) is 19.3 Å². The molecular formula is C48H92O6. The van der Waals surface area contributed by atoms with Gasteiger partial charge in [-0.1, -0.05) is 227 Å². The topological polar surface area (TPSA) is 78.9 Å². The number of carbonyl (C=O) groups excluding carboxylic acids is 3. The highest BCUT2D eigenvalue weighted by Gasteiger charge is 2.19. The van der Waals surface area contributed by atoms with Crippen molar-refractivity contribution in [3.8, 4) is 0 Å². The number of esters is 3. The fraction of sp³-hybridized carbons (Fsp3) is 0.938. The van der Waals surface area contributed by atoms with E-state index in [4.69, 9.17) is 14.2 Å². The summed E-state index contributed by atoms with van der Waals surface area (Å²) >= 11 is 0. The highest BCUT2D eigenvalue weighted by Crippen LogP contribution is 2.16. The maximum atomic E-state index is 12.7. The number of ether oxygens (including phenoxy) is 3. The van der Waals surface area contributed by atoms with E-state index < -0.39 is 6.10 Å². The molecule has 0 saturated heterocycles. The van der Waals surface area contributed by atoms with Crippen LogP contribution in [0.15, 0.2) is 0 Å². The molecule has 1 atom stereocenters. The van der Waals surface area contributed by atoms with Gasteiger partial charge in [-0.2, -0.15) is 0 Å². The van der Waals surface area contributed by atoms with Gasteiger partial charge in [-0.25, -0.2) is 0 Å². The fourth-order valence-corrected chi connectivity index (χ4v) is 7.16. The van der Waals surface area contributed by atoms with Crippen LogP contribution in [0.5, 0.6) is 0 Å². The molecule has 0 fully saturated rings. The molecule has 0 aliphatic rings. The van der Waals surface area contributed by atoms with Gasteiger partial charge < -0.3 is 14.2 Å². The van der Waals surface area contributed by atoms with Gasteiger partial charge >= 0.3 is 17.9 Å². The van der Waals surface area contributed by atoms with Gasteiger partial charge in [-0.05, 0) is 25.2 Å². The van der Waals surface area contributed by atoms with Crippen molar-refractivity contribution in [2.75, 3.05) is 13.2 Å². The summed E-state index contributed by atoms with van der Waals surface area (Å²) in [6.45, 7) is 8.99. The van der Waals surface area contributed by atoms with Gasteiger partial charge in [0.15, 0.2) is 6.10 Å². The van der Waals surface area contributed by atoms with Crippen LogP contribution in [0.25, 0.3) is 0 Å². The molecule has 0 spiro atoms. The molecule has 0 radical (unpaired) electrons. The number of rotatable bonds is 43. The monoisotopic (exact) mass is 765 g/mol. The van der Waals surface area contributed by atoms with E-state index in [9.17, 15) is 14.4 Å². The third-order valence-electron chi connectivity index (χ3n) is 10.8. The van der Waals surface area contributed by atoms with E-state index in [0.717, 1.165) is 63.7 Å². The van der Waals surface area contributed by atoms with E-state index >= 15 is 0 Å². The molecule has 0 aromatic carbocycles. The zero-order valence-electron chi connectivity index (χ0n) is 36.7. The zero-order valence-corrected chi connectivity index (χ0v) is 36.7. The molecular weight excluding hydrogens is 673 g/mol. The third kappa shape index (κ3) is 41.6. The van der Waals surface area contributed by atoms with Crippen molar-refractivity contribution in [2.24, 2.45) is 5.92 Å². The summed E-state index contributed by atoms with van der Waals surface area (Å²) in [6, 6.07) is 0. The van der Waals surface area contributed by atoms with Crippen LogP contribution in [-0.2, 0) is 28.6 Å². The smallest absolute Gasteiger partial charge is 0.306 e. The van der Waals surface area contributed by atoms with Crippen LogP contribution < -0.4 is 0 Å². The lowest BCUT2D eigenvalue weighted by molar-refractivity contribution is -0.167. The van der Waals surface area contributed by atoms with E-state index in [1.54, 1.807) is 0 Å². The van der Waals surface area contributed by atoms with Crippen molar-refractivity contribution in [2.45, 2.75) is 271 Å². The molecule has 0 unspecified atom stereocenters. The Morgan fingerprint density at radius 2 is 0.611 bits per heavy atom. The summed E-state index contributed by atoms with van der Waals surface area (Å²) in [6.07, 6.45) is 42.3. The zero-order chi connectivity index (χ0) is 39.6. The highest BCUT2D eigenvalue weighted by molar-refractivity contribution is 5.71. The van der Waals surface area contributed by atoms with Crippen LogP contribution in [0.1, 0.15) is 265 Å². The predicted octanol–water partition coefficient (Wildman–Crippen LogP) is 15.1. The van der Waals surface area contributed by atoms with Gasteiger partial charge in [0.2, 0.25) is 0 Å². The Hall–Kier alpha value is -1.59. The molecule has 0 aromatic heterocycles. The molecule has 0 saturated carbocycles. The Bertz CT molecular complexity index is 811. The first-order valence-corrected chi connectivity index (χ1v) is 23.9. The lowest BCUT2D eigenvalue weighted by Crippen LogP contribution is -2.30. The van der Waals surface area contributed by atoms with E-state index in [1.165, 1.54) is 161 Å². The highest BCUT2D eigenvalue weighted by atomic mass is 16.6. The molecule has 6 heteroatoms.